The number of aryl methyl sites for hydroxylation is 2. The van der Waals surface area contributed by atoms with Crippen molar-refractivity contribution >= 4 is 7.85 Å². The highest BCUT2D eigenvalue weighted by molar-refractivity contribution is 6.08. The van der Waals surface area contributed by atoms with Crippen LogP contribution in [-0.4, -0.2) is 12.8 Å². The highest BCUT2D eigenvalue weighted by Gasteiger charge is 1.93. The van der Waals surface area contributed by atoms with Crippen molar-refractivity contribution < 1.29 is 0 Å². The van der Waals surface area contributed by atoms with Gasteiger partial charge in [0.15, 0.2) is 0 Å². The molecule has 2 heteroatoms. The second kappa shape index (κ2) is 2.87. The molecule has 50 valence electrons. The lowest BCUT2D eigenvalue weighted by molar-refractivity contribution is 1.12. The molecule has 0 saturated heterocycles. The average molecular weight is 131 g/mol. The van der Waals surface area contributed by atoms with E-state index in [0.717, 1.165) is 11.3 Å². The van der Waals surface area contributed by atoms with Crippen molar-refractivity contribution in [3.63, 3.8) is 0 Å². The Hall–Kier alpha value is -0.785. The maximum absolute atomic E-state index is 5.43. The molecule has 0 aliphatic heterocycles. The summed E-state index contributed by atoms with van der Waals surface area (Å²) in [4.78, 5) is 4.17. The second-order valence-electron chi connectivity index (χ2n) is 2.45. The van der Waals surface area contributed by atoms with Crippen LogP contribution >= 0.6 is 0 Å². The summed E-state index contributed by atoms with van der Waals surface area (Å²) in [6.07, 6.45) is 2.40. The van der Waals surface area contributed by atoms with Crippen molar-refractivity contribution in [1.82, 2.24) is 4.98 Å². The molecule has 1 heterocycles. The molecule has 0 spiro atoms. The molecule has 1 rings (SSSR count). The normalized spacial score (nSPS) is 9.80. The van der Waals surface area contributed by atoms with Gasteiger partial charge in [-0.1, -0.05) is 12.4 Å². The van der Waals surface area contributed by atoms with Crippen molar-refractivity contribution in [3.05, 3.63) is 29.1 Å². The molecule has 10 heavy (non-hydrogen) atoms. The maximum Gasteiger partial charge on any atom is 0.0717 e. The van der Waals surface area contributed by atoms with Crippen LogP contribution in [0.15, 0.2) is 12.3 Å². The minimum Gasteiger partial charge on any atom is -0.261 e. The van der Waals surface area contributed by atoms with Gasteiger partial charge in [0.2, 0.25) is 0 Å². The lowest BCUT2D eigenvalue weighted by Gasteiger charge is -2.00. The Balaban J connectivity index is 3.04. The number of rotatable bonds is 1. The number of hydrogen-bond donors (Lipinski definition) is 0. The number of hydrogen-bond acceptors (Lipinski definition) is 1. The van der Waals surface area contributed by atoms with Gasteiger partial charge < -0.3 is 0 Å². The molecule has 0 aliphatic rings. The van der Waals surface area contributed by atoms with E-state index in [1.54, 1.807) is 0 Å². The fourth-order valence-corrected chi connectivity index (χ4v) is 0.813. The van der Waals surface area contributed by atoms with Crippen molar-refractivity contribution in [2.24, 2.45) is 0 Å². The molecular weight excluding hydrogens is 121 g/mol. The Labute approximate surface area is 62.9 Å². The summed E-state index contributed by atoms with van der Waals surface area (Å²) in [5.41, 5.74) is 3.39. The third-order valence-corrected chi connectivity index (χ3v) is 1.63. The fraction of sp³-hybridized carbons (Fsp3) is 0.375. The highest BCUT2D eigenvalue weighted by Crippen LogP contribution is 2.05. The Bertz CT molecular complexity index is 233. The maximum atomic E-state index is 5.43. The zero-order chi connectivity index (χ0) is 7.56. The lowest BCUT2D eigenvalue weighted by Crippen LogP contribution is -1.90. The molecule has 0 bridgehead atoms. The fourth-order valence-electron chi connectivity index (χ4n) is 0.813. The van der Waals surface area contributed by atoms with Gasteiger partial charge in [0.1, 0.15) is 0 Å². The van der Waals surface area contributed by atoms with E-state index in [9.17, 15) is 0 Å². The Morgan fingerprint density at radius 2 is 2.20 bits per heavy atom. The van der Waals surface area contributed by atoms with E-state index in [2.05, 4.69) is 11.1 Å². The third-order valence-electron chi connectivity index (χ3n) is 1.63. The summed E-state index contributed by atoms with van der Waals surface area (Å²) in [6, 6.07) is 2.07. The van der Waals surface area contributed by atoms with Crippen LogP contribution in [0.25, 0.3) is 0 Å². The van der Waals surface area contributed by atoms with Gasteiger partial charge in [-0.15, -0.1) is 0 Å². The first kappa shape index (κ1) is 7.32. The molecule has 2 radical (unpaired) electrons. The van der Waals surface area contributed by atoms with Crippen LogP contribution in [0.5, 0.6) is 0 Å². The molecule has 1 aromatic heterocycles. The van der Waals surface area contributed by atoms with Crippen LogP contribution in [-0.2, 0) is 6.32 Å². The second-order valence-corrected chi connectivity index (χ2v) is 2.45. The van der Waals surface area contributed by atoms with Crippen molar-refractivity contribution in [2.75, 3.05) is 0 Å². The minimum absolute atomic E-state index is 0.577. The Morgan fingerprint density at radius 3 is 2.70 bits per heavy atom. The van der Waals surface area contributed by atoms with Gasteiger partial charge in [-0.25, -0.2) is 0 Å². The molecule has 0 fully saturated rings. The van der Waals surface area contributed by atoms with E-state index >= 15 is 0 Å². The molecule has 1 aromatic rings. The largest absolute Gasteiger partial charge is 0.261 e. The molecule has 0 aromatic carbocycles. The molecule has 0 atom stereocenters. The van der Waals surface area contributed by atoms with Crippen molar-refractivity contribution in [1.29, 1.82) is 0 Å². The number of aromatic nitrogens is 1. The van der Waals surface area contributed by atoms with Crippen molar-refractivity contribution in [2.45, 2.75) is 20.2 Å². The third kappa shape index (κ3) is 1.38. The molecule has 0 aliphatic carbocycles. The summed E-state index contributed by atoms with van der Waals surface area (Å²) < 4.78 is 0. The van der Waals surface area contributed by atoms with E-state index < -0.39 is 0 Å². The zero-order valence-electron chi connectivity index (χ0n) is 6.39. The molecular formula is C8H10BN. The Kier molecular flexibility index (Phi) is 2.10. The average Bonchev–Trinajstić information content (AvgIpc) is 1.95. The predicted molar refractivity (Wildman–Crippen MR) is 43.2 cm³/mol. The van der Waals surface area contributed by atoms with Gasteiger partial charge >= 0.3 is 0 Å². The van der Waals surface area contributed by atoms with Gasteiger partial charge in [0.25, 0.3) is 0 Å². The topological polar surface area (TPSA) is 12.9 Å². The lowest BCUT2D eigenvalue weighted by atomic mass is 9.97. The first-order chi connectivity index (χ1) is 4.74. The summed E-state index contributed by atoms with van der Waals surface area (Å²) in [5, 5.41) is 0. The molecule has 1 nitrogen and oxygen atoms in total. The van der Waals surface area contributed by atoms with Crippen LogP contribution in [0.4, 0.5) is 0 Å². The predicted octanol–water partition coefficient (Wildman–Crippen LogP) is 1.37. The minimum atomic E-state index is 0.577. The molecule has 0 unspecified atom stereocenters. The first-order valence-electron chi connectivity index (χ1n) is 3.36. The van der Waals surface area contributed by atoms with E-state index in [1.807, 2.05) is 20.0 Å². The zero-order valence-corrected chi connectivity index (χ0v) is 6.39. The number of pyridine rings is 1. The number of nitrogens with zero attached hydrogens (tertiary/aromatic N) is 1. The Morgan fingerprint density at radius 1 is 1.50 bits per heavy atom. The van der Waals surface area contributed by atoms with Gasteiger partial charge in [-0.05, 0) is 25.0 Å². The van der Waals surface area contributed by atoms with E-state index in [4.69, 9.17) is 7.85 Å². The van der Waals surface area contributed by atoms with Crippen molar-refractivity contribution in [3.8, 4) is 0 Å². The molecule has 0 saturated carbocycles. The van der Waals surface area contributed by atoms with Gasteiger partial charge in [0.05, 0.1) is 7.85 Å². The van der Waals surface area contributed by atoms with Crippen LogP contribution in [0, 0.1) is 13.8 Å². The monoisotopic (exact) mass is 131 g/mol. The summed E-state index contributed by atoms with van der Waals surface area (Å²) in [7, 11) is 5.43. The van der Waals surface area contributed by atoms with Crippen LogP contribution in [0.1, 0.15) is 16.8 Å². The molecule has 0 amide bonds. The smallest absolute Gasteiger partial charge is 0.0717 e. The summed E-state index contributed by atoms with van der Waals surface area (Å²) >= 11 is 0. The SMILES string of the molecule is [B]Cc1cnc(C)c(C)c1. The van der Waals surface area contributed by atoms with Gasteiger partial charge in [-0.2, -0.15) is 0 Å². The van der Waals surface area contributed by atoms with Crippen LogP contribution < -0.4 is 0 Å². The van der Waals surface area contributed by atoms with E-state index in [-0.39, 0.29) is 0 Å². The van der Waals surface area contributed by atoms with Crippen LogP contribution in [0.2, 0.25) is 0 Å². The van der Waals surface area contributed by atoms with Gasteiger partial charge in [-0.3, -0.25) is 4.98 Å². The van der Waals surface area contributed by atoms with Gasteiger partial charge in [0, 0.05) is 11.9 Å². The highest BCUT2D eigenvalue weighted by atomic mass is 14.7. The quantitative estimate of drug-likeness (QED) is 0.524. The summed E-state index contributed by atoms with van der Waals surface area (Å²) in [5.74, 6) is 0. The molecule has 0 N–H and O–H groups in total. The standard InChI is InChI=1S/C8H10BN/c1-6-3-8(4-9)5-10-7(6)2/h3,5H,4H2,1-2H3. The van der Waals surface area contributed by atoms with E-state index in [1.165, 1.54) is 5.56 Å². The van der Waals surface area contributed by atoms with E-state index in [0.29, 0.717) is 6.32 Å². The summed E-state index contributed by atoms with van der Waals surface area (Å²) in [6.45, 7) is 4.04. The first-order valence-corrected chi connectivity index (χ1v) is 3.36. The van der Waals surface area contributed by atoms with Crippen LogP contribution in [0.3, 0.4) is 0 Å².